The Morgan fingerprint density at radius 1 is 1.07 bits per heavy atom. The van der Waals surface area contributed by atoms with Gasteiger partial charge >= 0.3 is 6.03 Å². The van der Waals surface area contributed by atoms with Crippen molar-refractivity contribution in [3.63, 3.8) is 0 Å². The summed E-state index contributed by atoms with van der Waals surface area (Å²) in [4.78, 5) is 23.3. The van der Waals surface area contributed by atoms with Crippen LogP contribution in [0.2, 0.25) is 0 Å². The van der Waals surface area contributed by atoms with E-state index in [1.165, 1.54) is 11.1 Å². The Balaban J connectivity index is 1.74. The van der Waals surface area contributed by atoms with Crippen LogP contribution in [-0.2, 0) is 11.2 Å². The second-order valence-corrected chi connectivity index (χ2v) is 6.91. The predicted molar refractivity (Wildman–Crippen MR) is 107 cm³/mol. The first-order valence-electron chi connectivity index (χ1n) is 8.80. The highest BCUT2D eigenvalue weighted by Crippen LogP contribution is 2.29. The fraction of sp³-hybridized carbons (Fsp3) is 0.238. The van der Waals surface area contributed by atoms with E-state index < -0.39 is 6.03 Å². The fourth-order valence-corrected chi connectivity index (χ4v) is 3.16. The molecule has 0 radical (unpaired) electrons. The molecule has 3 rings (SSSR count). The van der Waals surface area contributed by atoms with Crippen LogP contribution in [0.15, 0.2) is 47.1 Å². The van der Waals surface area contributed by atoms with Crippen LogP contribution in [0.3, 0.4) is 0 Å². The van der Waals surface area contributed by atoms with Gasteiger partial charge in [0.1, 0.15) is 5.58 Å². The lowest BCUT2D eigenvalue weighted by molar-refractivity contribution is -0.115. The Morgan fingerprint density at radius 2 is 1.70 bits per heavy atom. The molecule has 0 aliphatic carbocycles. The Kier molecular flexibility index (Phi) is 5.16. The normalized spacial score (nSPS) is 11.0. The van der Waals surface area contributed by atoms with Gasteiger partial charge in [-0.15, -0.1) is 0 Å². The Bertz CT molecular complexity index is 988. The zero-order valence-electron chi connectivity index (χ0n) is 15.6. The van der Waals surface area contributed by atoms with E-state index in [1.54, 1.807) is 30.5 Å². The first kappa shape index (κ1) is 18.5. The van der Waals surface area contributed by atoms with E-state index in [2.05, 4.69) is 37.5 Å². The van der Waals surface area contributed by atoms with Crippen molar-refractivity contribution in [3.05, 3.63) is 59.4 Å². The average Bonchev–Trinajstić information content (AvgIpc) is 2.96. The Morgan fingerprint density at radius 3 is 2.30 bits per heavy atom. The SMILES string of the molecule is Cc1cc2occ(CC(=O)Nc3ccc(NC(N)=O)cc3)c2cc1C(C)C. The van der Waals surface area contributed by atoms with E-state index in [4.69, 9.17) is 10.2 Å². The second kappa shape index (κ2) is 7.53. The molecule has 0 aliphatic heterocycles. The molecule has 1 heterocycles. The number of hydrogen-bond acceptors (Lipinski definition) is 3. The molecule has 0 unspecified atom stereocenters. The van der Waals surface area contributed by atoms with Crippen molar-refractivity contribution in [2.75, 3.05) is 10.6 Å². The highest BCUT2D eigenvalue weighted by molar-refractivity contribution is 5.96. The minimum absolute atomic E-state index is 0.139. The molecule has 0 bridgehead atoms. The zero-order chi connectivity index (χ0) is 19.6. The molecule has 140 valence electrons. The molecule has 0 fully saturated rings. The van der Waals surface area contributed by atoms with Gasteiger partial charge in [-0.2, -0.15) is 0 Å². The van der Waals surface area contributed by atoms with Crippen LogP contribution in [0, 0.1) is 6.92 Å². The summed E-state index contributed by atoms with van der Waals surface area (Å²) in [5.41, 5.74) is 10.4. The number of aryl methyl sites for hydroxylation is 1. The van der Waals surface area contributed by atoms with E-state index in [1.807, 2.05) is 6.07 Å². The molecule has 4 N–H and O–H groups in total. The van der Waals surface area contributed by atoms with E-state index in [9.17, 15) is 9.59 Å². The molecule has 6 heteroatoms. The first-order valence-corrected chi connectivity index (χ1v) is 8.80. The molecule has 27 heavy (non-hydrogen) atoms. The lowest BCUT2D eigenvalue weighted by atomic mass is 9.95. The number of hydrogen-bond donors (Lipinski definition) is 3. The number of fused-ring (bicyclic) bond motifs is 1. The van der Waals surface area contributed by atoms with Gasteiger partial charge in [0.15, 0.2) is 0 Å². The van der Waals surface area contributed by atoms with Crippen LogP contribution in [0.1, 0.15) is 36.5 Å². The number of amides is 3. The molecular formula is C21H23N3O3. The smallest absolute Gasteiger partial charge is 0.316 e. The highest BCUT2D eigenvalue weighted by Gasteiger charge is 2.14. The lowest BCUT2D eigenvalue weighted by Gasteiger charge is -2.10. The maximum Gasteiger partial charge on any atom is 0.316 e. The Labute approximate surface area is 157 Å². The first-order chi connectivity index (χ1) is 12.8. The summed E-state index contributed by atoms with van der Waals surface area (Å²) in [6.07, 6.45) is 1.86. The number of nitrogens with two attached hydrogens (primary N) is 1. The number of nitrogens with one attached hydrogen (secondary N) is 2. The van der Waals surface area contributed by atoms with Crippen molar-refractivity contribution in [2.24, 2.45) is 5.73 Å². The standard InChI is InChI=1S/C21H23N3O3/c1-12(2)17-10-18-14(11-27-19(18)8-13(17)3)9-20(25)23-15-4-6-16(7-5-15)24-21(22)26/h4-8,10-12H,9H2,1-3H3,(H,23,25)(H3,22,24,26). The average molecular weight is 365 g/mol. The molecule has 3 aromatic rings. The van der Waals surface area contributed by atoms with Gasteiger partial charge in [0.2, 0.25) is 5.91 Å². The minimum Gasteiger partial charge on any atom is -0.464 e. The largest absolute Gasteiger partial charge is 0.464 e. The number of furan rings is 1. The molecule has 0 saturated carbocycles. The summed E-state index contributed by atoms with van der Waals surface area (Å²) in [5.74, 6) is 0.262. The van der Waals surface area contributed by atoms with Crippen molar-refractivity contribution in [2.45, 2.75) is 33.1 Å². The fourth-order valence-electron chi connectivity index (χ4n) is 3.16. The topological polar surface area (TPSA) is 97.4 Å². The number of anilines is 2. The van der Waals surface area contributed by atoms with Crippen molar-refractivity contribution in [3.8, 4) is 0 Å². The van der Waals surface area contributed by atoms with Gasteiger partial charge in [-0.1, -0.05) is 13.8 Å². The number of rotatable bonds is 5. The van der Waals surface area contributed by atoms with Gasteiger partial charge in [-0.3, -0.25) is 4.79 Å². The maximum absolute atomic E-state index is 12.4. The molecule has 0 atom stereocenters. The van der Waals surface area contributed by atoms with E-state index in [-0.39, 0.29) is 12.3 Å². The number of benzene rings is 2. The molecule has 2 aromatic carbocycles. The minimum atomic E-state index is -0.630. The molecule has 0 spiro atoms. The number of primary amides is 1. The van der Waals surface area contributed by atoms with Gasteiger partial charge in [-0.05, 0) is 60.4 Å². The summed E-state index contributed by atoms with van der Waals surface area (Å²) in [6, 6.07) is 10.3. The predicted octanol–water partition coefficient (Wildman–Crippen LogP) is 4.54. The molecule has 1 aromatic heterocycles. The van der Waals surface area contributed by atoms with Crippen LogP contribution in [0.5, 0.6) is 0 Å². The van der Waals surface area contributed by atoms with Gasteiger partial charge in [-0.25, -0.2) is 4.79 Å². The lowest BCUT2D eigenvalue weighted by Crippen LogP contribution is -2.19. The molecule has 0 saturated heterocycles. The third kappa shape index (κ3) is 4.28. The van der Waals surface area contributed by atoms with Gasteiger partial charge in [0, 0.05) is 22.3 Å². The molecular weight excluding hydrogens is 342 g/mol. The summed E-state index contributed by atoms with van der Waals surface area (Å²) in [6.45, 7) is 6.37. The number of urea groups is 1. The monoisotopic (exact) mass is 365 g/mol. The van der Waals surface area contributed by atoms with E-state index in [0.717, 1.165) is 16.5 Å². The van der Waals surface area contributed by atoms with Crippen molar-refractivity contribution < 1.29 is 14.0 Å². The summed E-state index contributed by atoms with van der Waals surface area (Å²) in [5, 5.41) is 6.30. The van der Waals surface area contributed by atoms with Crippen LogP contribution < -0.4 is 16.4 Å². The summed E-state index contributed by atoms with van der Waals surface area (Å²) >= 11 is 0. The third-order valence-electron chi connectivity index (χ3n) is 4.45. The highest BCUT2D eigenvalue weighted by atomic mass is 16.3. The number of carbonyl (C=O) groups excluding carboxylic acids is 2. The van der Waals surface area contributed by atoms with Crippen LogP contribution in [0.4, 0.5) is 16.2 Å². The molecule has 3 amide bonds. The number of carbonyl (C=O) groups is 2. The zero-order valence-corrected chi connectivity index (χ0v) is 15.6. The summed E-state index contributed by atoms with van der Waals surface area (Å²) in [7, 11) is 0. The third-order valence-corrected chi connectivity index (χ3v) is 4.45. The van der Waals surface area contributed by atoms with Crippen molar-refractivity contribution >= 4 is 34.3 Å². The van der Waals surface area contributed by atoms with Crippen molar-refractivity contribution in [1.82, 2.24) is 0 Å². The summed E-state index contributed by atoms with van der Waals surface area (Å²) < 4.78 is 5.64. The second-order valence-electron chi connectivity index (χ2n) is 6.91. The maximum atomic E-state index is 12.4. The van der Waals surface area contributed by atoms with E-state index >= 15 is 0 Å². The van der Waals surface area contributed by atoms with Crippen LogP contribution >= 0.6 is 0 Å². The molecule has 6 nitrogen and oxygen atoms in total. The van der Waals surface area contributed by atoms with Crippen LogP contribution in [-0.4, -0.2) is 11.9 Å². The Hall–Kier alpha value is -3.28. The molecule has 0 aliphatic rings. The van der Waals surface area contributed by atoms with Crippen LogP contribution in [0.25, 0.3) is 11.0 Å². The van der Waals surface area contributed by atoms with Gasteiger partial charge in [0.05, 0.1) is 12.7 Å². The van der Waals surface area contributed by atoms with Gasteiger partial charge < -0.3 is 20.8 Å². The van der Waals surface area contributed by atoms with Crippen molar-refractivity contribution in [1.29, 1.82) is 0 Å². The quantitative estimate of drug-likeness (QED) is 0.619. The van der Waals surface area contributed by atoms with Gasteiger partial charge in [0.25, 0.3) is 0 Å². The van der Waals surface area contributed by atoms with E-state index in [0.29, 0.717) is 17.3 Å².